The lowest BCUT2D eigenvalue weighted by atomic mass is 10.0. The molecule has 0 aliphatic carbocycles. The van der Waals surface area contributed by atoms with Crippen LogP contribution in [0.4, 0.5) is 0 Å². The molecule has 6 heteroatoms. The van der Waals surface area contributed by atoms with Gasteiger partial charge >= 0.3 is 0 Å². The number of aryl methyl sites for hydroxylation is 1. The number of benzene rings is 1. The summed E-state index contributed by atoms with van der Waals surface area (Å²) in [6.45, 7) is 7.20. The molecular formula is C18H24N2O3S. The lowest BCUT2D eigenvalue weighted by Gasteiger charge is -2.13. The third-order valence-corrected chi connectivity index (χ3v) is 3.84. The topological polar surface area (TPSA) is 67.1 Å². The molecule has 0 saturated heterocycles. The molecule has 0 amide bonds. The van der Waals surface area contributed by atoms with Gasteiger partial charge < -0.3 is 14.5 Å². The smallest absolute Gasteiger partial charge is 0.255 e. The highest BCUT2D eigenvalue weighted by Crippen LogP contribution is 2.29. The first-order valence-corrected chi connectivity index (χ1v) is 8.72. The molecule has 0 atom stereocenters. The van der Waals surface area contributed by atoms with E-state index in [9.17, 15) is 4.79 Å². The molecule has 5 nitrogen and oxygen atoms in total. The molecule has 0 aliphatic heterocycles. The summed E-state index contributed by atoms with van der Waals surface area (Å²) in [6.07, 6.45) is 2.17. The summed E-state index contributed by atoms with van der Waals surface area (Å²) in [6, 6.07) is 5.81. The first kappa shape index (κ1) is 18.3. The predicted octanol–water partition coefficient (Wildman–Crippen LogP) is 3.77. The highest BCUT2D eigenvalue weighted by molar-refractivity contribution is 7.71. The van der Waals surface area contributed by atoms with Gasteiger partial charge in [-0.15, -0.1) is 0 Å². The van der Waals surface area contributed by atoms with E-state index in [1.165, 1.54) is 0 Å². The summed E-state index contributed by atoms with van der Waals surface area (Å²) in [5, 5.41) is 0. The van der Waals surface area contributed by atoms with Crippen LogP contribution in [-0.4, -0.2) is 23.2 Å². The van der Waals surface area contributed by atoms with E-state index in [4.69, 9.17) is 21.7 Å². The summed E-state index contributed by atoms with van der Waals surface area (Å²) in [4.78, 5) is 18.0. The summed E-state index contributed by atoms with van der Waals surface area (Å²) >= 11 is 5.04. The van der Waals surface area contributed by atoms with E-state index in [0.29, 0.717) is 35.7 Å². The van der Waals surface area contributed by atoms with E-state index in [-0.39, 0.29) is 5.56 Å². The lowest BCUT2D eigenvalue weighted by molar-refractivity contribution is 0.276. The van der Waals surface area contributed by atoms with Crippen molar-refractivity contribution in [3.05, 3.63) is 50.1 Å². The first-order valence-electron chi connectivity index (χ1n) is 8.31. The van der Waals surface area contributed by atoms with E-state index >= 15 is 0 Å². The minimum atomic E-state index is -0.139. The molecule has 0 radical (unpaired) electrons. The van der Waals surface area contributed by atoms with Crippen molar-refractivity contribution in [3.8, 4) is 11.5 Å². The second-order valence-corrected chi connectivity index (χ2v) is 5.87. The van der Waals surface area contributed by atoms with Crippen molar-refractivity contribution in [1.29, 1.82) is 0 Å². The summed E-state index contributed by atoms with van der Waals surface area (Å²) in [5.74, 6) is 1.45. The average molecular weight is 348 g/mol. The van der Waals surface area contributed by atoms with Crippen LogP contribution in [0, 0.1) is 4.77 Å². The fourth-order valence-electron chi connectivity index (χ4n) is 2.51. The lowest BCUT2D eigenvalue weighted by Crippen LogP contribution is -2.18. The number of rotatable bonds is 8. The molecule has 1 aromatic carbocycles. The van der Waals surface area contributed by atoms with Crippen LogP contribution in [0.5, 0.6) is 11.5 Å². The Bertz CT molecular complexity index is 796. The van der Waals surface area contributed by atoms with Gasteiger partial charge in [0.25, 0.3) is 5.56 Å². The Kier molecular flexibility index (Phi) is 6.61. The maximum Gasteiger partial charge on any atom is 0.255 e. The zero-order valence-corrected chi connectivity index (χ0v) is 15.2. The van der Waals surface area contributed by atoms with E-state index in [2.05, 4.69) is 16.9 Å². The average Bonchev–Trinajstić information content (AvgIpc) is 2.56. The molecule has 24 heavy (non-hydrogen) atoms. The van der Waals surface area contributed by atoms with Crippen molar-refractivity contribution in [2.24, 2.45) is 0 Å². The minimum absolute atomic E-state index is 0.139. The fraction of sp³-hybridized carbons (Fsp3) is 0.444. The van der Waals surface area contributed by atoms with Crippen molar-refractivity contribution in [1.82, 2.24) is 9.97 Å². The van der Waals surface area contributed by atoms with Crippen molar-refractivity contribution in [2.45, 2.75) is 40.0 Å². The normalized spacial score (nSPS) is 10.6. The zero-order valence-electron chi connectivity index (χ0n) is 14.4. The SMILES string of the molecule is CCCOc1ccc(Cc2c(CC)[nH]c(=S)[nH]c2=O)cc1OCC. The molecule has 0 spiro atoms. The third-order valence-electron chi connectivity index (χ3n) is 3.63. The molecule has 2 rings (SSSR count). The number of aromatic amines is 2. The predicted molar refractivity (Wildman–Crippen MR) is 97.8 cm³/mol. The molecule has 2 aromatic rings. The van der Waals surface area contributed by atoms with Crippen molar-refractivity contribution >= 4 is 12.2 Å². The fourth-order valence-corrected chi connectivity index (χ4v) is 2.73. The van der Waals surface area contributed by atoms with Crippen molar-refractivity contribution in [3.63, 3.8) is 0 Å². The molecule has 0 bridgehead atoms. The standard InChI is InChI=1S/C18H24N2O3S/c1-4-9-23-15-8-7-12(11-16(15)22-6-3)10-13-14(5-2)19-18(24)20-17(13)21/h7-8,11H,4-6,9-10H2,1-3H3,(H2,19,20,21,24). The monoisotopic (exact) mass is 348 g/mol. The van der Waals surface area contributed by atoms with E-state index in [1.807, 2.05) is 32.0 Å². The molecular weight excluding hydrogens is 324 g/mol. The van der Waals surface area contributed by atoms with Crippen LogP contribution in [0.15, 0.2) is 23.0 Å². The molecule has 0 fully saturated rings. The van der Waals surface area contributed by atoms with E-state index in [0.717, 1.165) is 29.8 Å². The number of hydrogen-bond acceptors (Lipinski definition) is 4. The van der Waals surface area contributed by atoms with Crippen LogP contribution < -0.4 is 15.0 Å². The molecule has 0 saturated carbocycles. The molecule has 0 aliphatic rings. The number of ether oxygens (including phenoxy) is 2. The Morgan fingerprint density at radius 3 is 2.54 bits per heavy atom. The van der Waals surface area contributed by atoms with Gasteiger partial charge in [-0.2, -0.15) is 0 Å². The maximum absolute atomic E-state index is 12.2. The molecule has 0 unspecified atom stereocenters. The summed E-state index contributed by atoms with van der Waals surface area (Å²) in [7, 11) is 0. The maximum atomic E-state index is 12.2. The van der Waals surface area contributed by atoms with Gasteiger partial charge in [0.15, 0.2) is 16.3 Å². The molecule has 2 N–H and O–H groups in total. The highest BCUT2D eigenvalue weighted by Gasteiger charge is 2.11. The quantitative estimate of drug-likeness (QED) is 0.713. The Morgan fingerprint density at radius 2 is 1.88 bits per heavy atom. The second-order valence-electron chi connectivity index (χ2n) is 5.46. The van der Waals surface area contributed by atoms with Gasteiger partial charge in [-0.3, -0.25) is 9.78 Å². The van der Waals surface area contributed by atoms with Crippen molar-refractivity contribution < 1.29 is 9.47 Å². The first-order chi connectivity index (χ1) is 11.6. The van der Waals surface area contributed by atoms with Crippen LogP contribution in [0.25, 0.3) is 0 Å². The Morgan fingerprint density at radius 1 is 1.08 bits per heavy atom. The largest absolute Gasteiger partial charge is 0.490 e. The second kappa shape index (κ2) is 8.68. The highest BCUT2D eigenvalue weighted by atomic mass is 32.1. The van der Waals surface area contributed by atoms with Gasteiger partial charge in [-0.05, 0) is 49.7 Å². The van der Waals surface area contributed by atoms with Crippen LogP contribution in [0.2, 0.25) is 0 Å². The number of aromatic nitrogens is 2. The van der Waals surface area contributed by atoms with Crippen LogP contribution >= 0.6 is 12.2 Å². The Hall–Kier alpha value is -2.08. The van der Waals surface area contributed by atoms with Crippen LogP contribution in [0.1, 0.15) is 44.0 Å². The van der Waals surface area contributed by atoms with Crippen molar-refractivity contribution in [2.75, 3.05) is 13.2 Å². The van der Waals surface area contributed by atoms with Gasteiger partial charge in [-0.25, -0.2) is 0 Å². The molecule has 130 valence electrons. The summed E-state index contributed by atoms with van der Waals surface area (Å²) in [5.41, 5.74) is 2.43. The zero-order chi connectivity index (χ0) is 17.5. The van der Waals surface area contributed by atoms with Crippen LogP contribution in [0.3, 0.4) is 0 Å². The third kappa shape index (κ3) is 4.47. The van der Waals surface area contributed by atoms with Gasteiger partial charge in [0.1, 0.15) is 0 Å². The van der Waals surface area contributed by atoms with Gasteiger partial charge in [-0.1, -0.05) is 19.9 Å². The minimum Gasteiger partial charge on any atom is -0.490 e. The number of H-pyrrole nitrogens is 2. The van der Waals surface area contributed by atoms with E-state index in [1.54, 1.807) is 0 Å². The number of nitrogens with one attached hydrogen (secondary N) is 2. The van der Waals surface area contributed by atoms with Gasteiger partial charge in [0.2, 0.25) is 0 Å². The molecule has 1 heterocycles. The van der Waals surface area contributed by atoms with Gasteiger partial charge in [0.05, 0.1) is 13.2 Å². The van der Waals surface area contributed by atoms with E-state index < -0.39 is 0 Å². The molecule has 1 aromatic heterocycles. The Labute approximate surface area is 147 Å². The Balaban J connectivity index is 2.35. The summed E-state index contributed by atoms with van der Waals surface area (Å²) < 4.78 is 11.8. The van der Waals surface area contributed by atoms with Crippen LogP contribution in [-0.2, 0) is 12.8 Å². The van der Waals surface area contributed by atoms with Gasteiger partial charge in [0, 0.05) is 17.7 Å². The number of hydrogen-bond donors (Lipinski definition) is 2.